The maximum Gasteiger partial charge on any atom is 0.264 e. The summed E-state index contributed by atoms with van der Waals surface area (Å²) in [4.78, 5) is 30.4. The zero-order valence-corrected chi connectivity index (χ0v) is 28.6. The molecule has 7 nitrogen and oxygen atoms in total. The van der Waals surface area contributed by atoms with E-state index >= 15 is 0 Å². The van der Waals surface area contributed by atoms with Gasteiger partial charge in [0.15, 0.2) is 0 Å². The molecule has 1 aliphatic carbocycles. The molecule has 1 fully saturated rings. The number of amides is 2. The molecule has 0 aromatic heterocycles. The van der Waals surface area contributed by atoms with E-state index in [1.54, 1.807) is 41.3 Å². The predicted octanol–water partition coefficient (Wildman–Crippen LogP) is 6.96. The molecule has 46 heavy (non-hydrogen) atoms. The minimum absolute atomic E-state index is 0.0552. The average molecular weight is 703 g/mol. The van der Waals surface area contributed by atoms with E-state index in [2.05, 4.69) is 21.2 Å². The predicted molar refractivity (Wildman–Crippen MR) is 186 cm³/mol. The molecule has 0 unspecified atom stereocenters. The van der Waals surface area contributed by atoms with Crippen molar-refractivity contribution < 1.29 is 18.0 Å². The summed E-state index contributed by atoms with van der Waals surface area (Å²) in [5.74, 6) is -0.707. The summed E-state index contributed by atoms with van der Waals surface area (Å²) in [6, 6.07) is 30.1. The van der Waals surface area contributed by atoms with Gasteiger partial charge in [-0.3, -0.25) is 13.9 Å². The highest BCUT2D eigenvalue weighted by molar-refractivity contribution is 9.10. The summed E-state index contributed by atoms with van der Waals surface area (Å²) >= 11 is 3.53. The van der Waals surface area contributed by atoms with Gasteiger partial charge < -0.3 is 10.2 Å². The lowest BCUT2D eigenvalue weighted by Crippen LogP contribution is -2.54. The summed E-state index contributed by atoms with van der Waals surface area (Å²) in [6.07, 6.45) is 4.20. The molecule has 4 aromatic rings. The van der Waals surface area contributed by atoms with Gasteiger partial charge in [0.1, 0.15) is 12.6 Å². The molecule has 1 N–H and O–H groups in total. The fourth-order valence-electron chi connectivity index (χ4n) is 5.83. The first-order valence-electron chi connectivity index (χ1n) is 15.6. The quantitative estimate of drug-likeness (QED) is 0.173. The largest absolute Gasteiger partial charge is 0.352 e. The molecule has 1 aliphatic rings. The fourth-order valence-corrected chi connectivity index (χ4v) is 7.69. The lowest BCUT2D eigenvalue weighted by molar-refractivity contribution is -0.140. The molecule has 0 radical (unpaired) electrons. The number of rotatable bonds is 12. The number of nitrogens with zero attached hydrogens (tertiary/aromatic N) is 2. The van der Waals surface area contributed by atoms with Crippen molar-refractivity contribution in [3.05, 3.63) is 130 Å². The van der Waals surface area contributed by atoms with Gasteiger partial charge in [-0.05, 0) is 74.2 Å². The maximum atomic E-state index is 14.6. The number of carbonyl (C=O) groups is 2. The third-order valence-corrected chi connectivity index (χ3v) is 10.7. The minimum Gasteiger partial charge on any atom is -0.352 e. The highest BCUT2D eigenvalue weighted by Gasteiger charge is 2.35. The molecule has 4 aromatic carbocycles. The molecule has 0 aliphatic heterocycles. The van der Waals surface area contributed by atoms with Gasteiger partial charge in [-0.1, -0.05) is 107 Å². The van der Waals surface area contributed by atoms with Crippen LogP contribution in [0.1, 0.15) is 47.9 Å². The Labute approximate surface area is 280 Å². The van der Waals surface area contributed by atoms with Crippen molar-refractivity contribution >= 4 is 43.5 Å². The van der Waals surface area contributed by atoms with Crippen LogP contribution in [-0.4, -0.2) is 43.8 Å². The van der Waals surface area contributed by atoms with E-state index < -0.39 is 28.5 Å². The van der Waals surface area contributed by atoms with Crippen LogP contribution in [0.5, 0.6) is 0 Å². The molecule has 240 valence electrons. The molecular weight excluding hydrogens is 662 g/mol. The third-order valence-electron chi connectivity index (χ3n) is 8.42. The molecule has 2 amide bonds. The van der Waals surface area contributed by atoms with Crippen LogP contribution in [0.3, 0.4) is 0 Å². The van der Waals surface area contributed by atoms with Crippen LogP contribution in [0, 0.1) is 13.8 Å². The zero-order chi connectivity index (χ0) is 32.7. The van der Waals surface area contributed by atoms with E-state index in [0.717, 1.165) is 56.7 Å². The average Bonchev–Trinajstić information content (AvgIpc) is 3.55. The van der Waals surface area contributed by atoms with Crippen molar-refractivity contribution in [1.29, 1.82) is 0 Å². The van der Waals surface area contributed by atoms with Crippen molar-refractivity contribution in [1.82, 2.24) is 10.2 Å². The Balaban J connectivity index is 1.56. The first kappa shape index (κ1) is 33.4. The highest BCUT2D eigenvalue weighted by Crippen LogP contribution is 2.26. The second kappa shape index (κ2) is 15.1. The van der Waals surface area contributed by atoms with Crippen LogP contribution in [0.25, 0.3) is 0 Å². The van der Waals surface area contributed by atoms with Crippen molar-refractivity contribution in [3.63, 3.8) is 0 Å². The highest BCUT2D eigenvalue weighted by atomic mass is 79.9. The van der Waals surface area contributed by atoms with Crippen LogP contribution in [0.2, 0.25) is 0 Å². The van der Waals surface area contributed by atoms with Gasteiger partial charge in [-0.25, -0.2) is 8.42 Å². The number of sulfonamides is 1. The Bertz CT molecular complexity index is 1740. The van der Waals surface area contributed by atoms with Gasteiger partial charge in [0.2, 0.25) is 11.8 Å². The summed E-state index contributed by atoms with van der Waals surface area (Å²) in [6.45, 7) is 3.46. The molecule has 0 spiro atoms. The van der Waals surface area contributed by atoms with Gasteiger partial charge in [-0.15, -0.1) is 0 Å². The smallest absolute Gasteiger partial charge is 0.264 e. The lowest BCUT2D eigenvalue weighted by Gasteiger charge is -2.34. The number of halogens is 1. The fraction of sp³-hybridized carbons (Fsp3) is 0.297. The van der Waals surface area contributed by atoms with Crippen molar-refractivity contribution in [2.45, 2.75) is 69.5 Å². The summed E-state index contributed by atoms with van der Waals surface area (Å²) in [5, 5.41) is 3.21. The Morgan fingerprint density at radius 2 is 1.43 bits per heavy atom. The number of hydrogen-bond donors (Lipinski definition) is 1. The summed E-state index contributed by atoms with van der Waals surface area (Å²) in [7, 11) is -4.14. The normalized spacial score (nSPS) is 14.1. The number of anilines is 1. The van der Waals surface area contributed by atoms with E-state index in [0.29, 0.717) is 5.69 Å². The van der Waals surface area contributed by atoms with Crippen molar-refractivity contribution in [2.24, 2.45) is 0 Å². The second-order valence-electron chi connectivity index (χ2n) is 12.0. The van der Waals surface area contributed by atoms with E-state index in [4.69, 9.17) is 0 Å². The first-order chi connectivity index (χ1) is 22.1. The number of benzene rings is 4. The molecule has 1 atom stereocenters. The Hall–Kier alpha value is -3.95. The minimum atomic E-state index is -4.14. The van der Waals surface area contributed by atoms with Crippen LogP contribution in [0.4, 0.5) is 5.69 Å². The second-order valence-corrected chi connectivity index (χ2v) is 14.8. The molecule has 0 bridgehead atoms. The lowest BCUT2D eigenvalue weighted by atomic mass is 10.0. The Morgan fingerprint density at radius 1 is 0.826 bits per heavy atom. The molecule has 0 heterocycles. The topological polar surface area (TPSA) is 86.8 Å². The third kappa shape index (κ3) is 8.44. The van der Waals surface area contributed by atoms with Crippen molar-refractivity contribution in [2.75, 3.05) is 10.8 Å². The molecule has 9 heteroatoms. The van der Waals surface area contributed by atoms with E-state index in [-0.39, 0.29) is 29.8 Å². The zero-order valence-electron chi connectivity index (χ0n) is 26.2. The number of hydrogen-bond acceptors (Lipinski definition) is 4. The molecule has 0 saturated heterocycles. The molecular formula is C37H40BrN3O4S. The van der Waals surface area contributed by atoms with Gasteiger partial charge in [0, 0.05) is 23.5 Å². The standard InChI is InChI=1S/C37H40BrN3O4S/c1-27-15-19-33(20-16-27)41(46(44,45)34-21-17-28(2)18-22-34)26-36(42)40(25-30-11-8-12-31(38)23-30)35(24-29-9-4-3-5-10-29)37(43)39-32-13-6-7-14-32/h3-5,8-12,15-23,32,35H,6-7,13-14,24-26H2,1-2H3,(H,39,43)/t35-/m0/s1. The monoisotopic (exact) mass is 701 g/mol. The van der Waals surface area contributed by atoms with Crippen LogP contribution < -0.4 is 9.62 Å². The van der Waals surface area contributed by atoms with Crippen LogP contribution >= 0.6 is 15.9 Å². The summed E-state index contributed by atoms with van der Waals surface area (Å²) < 4.78 is 30.4. The maximum absolute atomic E-state index is 14.6. The van der Waals surface area contributed by atoms with Gasteiger partial charge >= 0.3 is 0 Å². The first-order valence-corrected chi connectivity index (χ1v) is 17.9. The summed E-state index contributed by atoms with van der Waals surface area (Å²) in [5.41, 5.74) is 3.98. The number of carbonyl (C=O) groups excluding carboxylic acids is 2. The van der Waals surface area contributed by atoms with Crippen LogP contribution in [0.15, 0.2) is 112 Å². The van der Waals surface area contributed by atoms with E-state index in [9.17, 15) is 18.0 Å². The SMILES string of the molecule is Cc1ccc(N(CC(=O)N(Cc2cccc(Br)c2)[C@@H](Cc2ccccc2)C(=O)NC2CCCC2)S(=O)(=O)c2ccc(C)cc2)cc1. The van der Waals surface area contributed by atoms with E-state index in [1.165, 1.54) is 0 Å². The molecule has 1 saturated carbocycles. The molecule has 5 rings (SSSR count). The van der Waals surface area contributed by atoms with Crippen LogP contribution in [-0.2, 0) is 32.6 Å². The van der Waals surface area contributed by atoms with Crippen molar-refractivity contribution in [3.8, 4) is 0 Å². The Kier molecular flexibility index (Phi) is 11.0. The van der Waals surface area contributed by atoms with Gasteiger partial charge in [0.05, 0.1) is 10.6 Å². The van der Waals surface area contributed by atoms with E-state index in [1.807, 2.05) is 80.6 Å². The number of nitrogens with one attached hydrogen (secondary N) is 1. The van der Waals surface area contributed by atoms with Gasteiger partial charge in [-0.2, -0.15) is 0 Å². The number of aryl methyl sites for hydroxylation is 2. The van der Waals surface area contributed by atoms with Gasteiger partial charge in [0.25, 0.3) is 10.0 Å². The Morgan fingerprint density at radius 3 is 2.07 bits per heavy atom.